The molecule has 15 heavy (non-hydrogen) atoms. The van der Waals surface area contributed by atoms with Crippen LogP contribution in [0.5, 0.6) is 0 Å². The smallest absolute Gasteiger partial charge is 0.00917 e. The van der Waals surface area contributed by atoms with E-state index in [0.717, 1.165) is 12.0 Å². The van der Waals surface area contributed by atoms with Gasteiger partial charge in [0, 0.05) is 0 Å². The first-order valence-corrected chi connectivity index (χ1v) is 5.23. The van der Waals surface area contributed by atoms with Crippen LogP contribution in [0.15, 0.2) is 60.7 Å². The van der Waals surface area contributed by atoms with Gasteiger partial charge in [-0.2, -0.15) is 0 Å². The molecule has 1 aromatic carbocycles. The monoisotopic (exact) mass is 198 g/mol. The van der Waals surface area contributed by atoms with Gasteiger partial charge in [-0.05, 0) is 31.4 Å². The van der Waals surface area contributed by atoms with Crippen LogP contribution in [-0.2, 0) is 6.42 Å². The van der Waals surface area contributed by atoms with Crippen LogP contribution in [0.3, 0.4) is 0 Å². The van der Waals surface area contributed by atoms with Crippen LogP contribution in [0.25, 0.3) is 0 Å². The van der Waals surface area contributed by atoms with Crippen molar-refractivity contribution < 1.29 is 0 Å². The second-order valence-electron chi connectivity index (χ2n) is 3.76. The lowest BCUT2D eigenvalue weighted by Crippen LogP contribution is -1.84. The third kappa shape index (κ3) is 4.46. The van der Waals surface area contributed by atoms with Crippen LogP contribution in [-0.4, -0.2) is 0 Å². The third-order valence-electron chi connectivity index (χ3n) is 2.23. The summed E-state index contributed by atoms with van der Waals surface area (Å²) in [5.41, 5.74) is 3.82. The fourth-order valence-electron chi connectivity index (χ4n) is 1.33. The number of aryl methyl sites for hydroxylation is 1. The van der Waals surface area contributed by atoms with E-state index in [-0.39, 0.29) is 0 Å². The maximum absolute atomic E-state index is 3.80. The van der Waals surface area contributed by atoms with Crippen molar-refractivity contribution in [3.63, 3.8) is 0 Å². The fourth-order valence-corrected chi connectivity index (χ4v) is 1.33. The zero-order valence-corrected chi connectivity index (χ0v) is 9.53. The Labute approximate surface area is 92.6 Å². The van der Waals surface area contributed by atoms with Crippen molar-refractivity contribution in [3.8, 4) is 0 Å². The van der Waals surface area contributed by atoms with Crippen LogP contribution in [0.2, 0.25) is 0 Å². The quantitative estimate of drug-likeness (QED) is 0.635. The first-order valence-electron chi connectivity index (χ1n) is 5.23. The molecule has 0 aromatic heterocycles. The number of hydrogen-bond donors (Lipinski definition) is 0. The van der Waals surface area contributed by atoms with Crippen molar-refractivity contribution in [2.75, 3.05) is 0 Å². The first-order chi connectivity index (χ1) is 7.20. The Kier molecular flexibility index (Phi) is 4.62. The lowest BCUT2D eigenvalue weighted by molar-refractivity contribution is 1.21. The van der Waals surface area contributed by atoms with Gasteiger partial charge in [0.1, 0.15) is 0 Å². The average molecular weight is 198 g/mol. The molecule has 1 rings (SSSR count). The maximum Gasteiger partial charge on any atom is -0.00917 e. The molecule has 0 aliphatic heterocycles. The highest BCUT2D eigenvalue weighted by atomic mass is 14.0. The second kappa shape index (κ2) is 6.02. The van der Waals surface area contributed by atoms with Gasteiger partial charge in [0.05, 0.1) is 0 Å². The van der Waals surface area contributed by atoms with E-state index in [9.17, 15) is 0 Å². The molecule has 0 aliphatic rings. The van der Waals surface area contributed by atoms with Crippen molar-refractivity contribution in [1.29, 1.82) is 0 Å². The molecule has 0 aliphatic carbocycles. The van der Waals surface area contributed by atoms with Gasteiger partial charge in [0.15, 0.2) is 0 Å². The summed E-state index contributed by atoms with van der Waals surface area (Å²) in [7, 11) is 0. The molecule has 0 fully saturated rings. The molecule has 0 saturated carbocycles. The minimum atomic E-state index is 0.993. The minimum absolute atomic E-state index is 0.993. The summed E-state index contributed by atoms with van der Waals surface area (Å²) in [6.45, 7) is 7.94. The summed E-state index contributed by atoms with van der Waals surface area (Å²) in [6, 6.07) is 8.47. The van der Waals surface area contributed by atoms with Gasteiger partial charge in [-0.1, -0.05) is 60.7 Å². The molecule has 0 unspecified atom stereocenters. The van der Waals surface area contributed by atoms with Crippen LogP contribution < -0.4 is 0 Å². The molecular weight excluding hydrogens is 180 g/mol. The summed E-state index contributed by atoms with van der Waals surface area (Å²) in [6.07, 6.45) is 9.27. The number of allylic oxidation sites excluding steroid dienone is 5. The Morgan fingerprint density at radius 1 is 1.27 bits per heavy atom. The Morgan fingerprint density at radius 3 is 2.67 bits per heavy atom. The Hall–Kier alpha value is -1.56. The highest BCUT2D eigenvalue weighted by Crippen LogP contribution is 2.07. The SMILES string of the molecule is C=C(C)/C=C\C=C/Cc1ccccc1C. The second-order valence-corrected chi connectivity index (χ2v) is 3.76. The fraction of sp³-hybridized carbons (Fsp3) is 0.200. The van der Waals surface area contributed by atoms with E-state index in [4.69, 9.17) is 0 Å². The highest BCUT2D eigenvalue weighted by molar-refractivity contribution is 5.28. The molecule has 0 atom stereocenters. The molecule has 0 spiro atoms. The number of rotatable bonds is 4. The van der Waals surface area contributed by atoms with Crippen LogP contribution in [0.1, 0.15) is 18.1 Å². The van der Waals surface area contributed by atoms with Crippen LogP contribution in [0.4, 0.5) is 0 Å². The topological polar surface area (TPSA) is 0 Å². The molecule has 0 amide bonds. The normalized spacial score (nSPS) is 11.3. The van der Waals surface area contributed by atoms with E-state index >= 15 is 0 Å². The molecule has 0 radical (unpaired) electrons. The van der Waals surface area contributed by atoms with Gasteiger partial charge in [-0.3, -0.25) is 0 Å². The highest BCUT2D eigenvalue weighted by Gasteiger charge is 1.91. The van der Waals surface area contributed by atoms with E-state index in [1.807, 2.05) is 19.1 Å². The molecule has 1 aromatic rings. The van der Waals surface area contributed by atoms with E-state index < -0.39 is 0 Å². The molecular formula is C15H18. The van der Waals surface area contributed by atoms with Gasteiger partial charge in [0.25, 0.3) is 0 Å². The zero-order valence-electron chi connectivity index (χ0n) is 9.53. The van der Waals surface area contributed by atoms with Crippen molar-refractivity contribution in [2.24, 2.45) is 0 Å². The maximum atomic E-state index is 3.80. The predicted octanol–water partition coefficient (Wildman–Crippen LogP) is 4.23. The van der Waals surface area contributed by atoms with Crippen molar-refractivity contribution in [2.45, 2.75) is 20.3 Å². The third-order valence-corrected chi connectivity index (χ3v) is 2.23. The predicted molar refractivity (Wildman–Crippen MR) is 68.0 cm³/mol. The number of hydrogen-bond acceptors (Lipinski definition) is 0. The van der Waals surface area contributed by atoms with Crippen molar-refractivity contribution in [1.82, 2.24) is 0 Å². The first kappa shape index (κ1) is 11.5. The Bertz CT molecular complexity index is 381. The summed E-state index contributed by atoms with van der Waals surface area (Å²) < 4.78 is 0. The largest absolute Gasteiger partial charge is 0.0961 e. The van der Waals surface area contributed by atoms with Crippen molar-refractivity contribution >= 4 is 0 Å². The van der Waals surface area contributed by atoms with E-state index in [0.29, 0.717) is 0 Å². The molecule has 0 nitrogen and oxygen atoms in total. The molecule has 0 heteroatoms. The standard InChI is InChI=1S/C15H18/c1-13(2)9-5-4-6-11-15-12-8-7-10-14(15)3/h4-10,12H,1,11H2,2-3H3/b6-4-,9-5-. The lowest BCUT2D eigenvalue weighted by Gasteiger charge is -2.00. The van der Waals surface area contributed by atoms with Crippen molar-refractivity contribution in [3.05, 3.63) is 71.8 Å². The molecule has 0 saturated heterocycles. The summed E-state index contributed by atoms with van der Waals surface area (Å²) >= 11 is 0. The summed E-state index contributed by atoms with van der Waals surface area (Å²) in [5.74, 6) is 0. The number of benzene rings is 1. The van der Waals surface area contributed by atoms with E-state index in [1.54, 1.807) is 0 Å². The Balaban J connectivity index is 2.51. The van der Waals surface area contributed by atoms with Gasteiger partial charge in [-0.25, -0.2) is 0 Å². The van der Waals surface area contributed by atoms with Gasteiger partial charge in [-0.15, -0.1) is 0 Å². The van der Waals surface area contributed by atoms with E-state index in [1.165, 1.54) is 11.1 Å². The summed E-state index contributed by atoms with van der Waals surface area (Å²) in [5, 5.41) is 0. The van der Waals surface area contributed by atoms with Crippen LogP contribution in [0, 0.1) is 6.92 Å². The molecule has 78 valence electrons. The molecule has 0 N–H and O–H groups in total. The van der Waals surface area contributed by atoms with E-state index in [2.05, 4.69) is 49.9 Å². The zero-order chi connectivity index (χ0) is 11.1. The van der Waals surface area contributed by atoms with Gasteiger partial charge in [0.2, 0.25) is 0 Å². The van der Waals surface area contributed by atoms with Gasteiger partial charge < -0.3 is 0 Å². The Morgan fingerprint density at radius 2 is 2.00 bits per heavy atom. The molecule has 0 heterocycles. The lowest BCUT2D eigenvalue weighted by atomic mass is 10.1. The molecule has 0 bridgehead atoms. The summed E-state index contributed by atoms with van der Waals surface area (Å²) in [4.78, 5) is 0. The van der Waals surface area contributed by atoms with Crippen LogP contribution >= 0.6 is 0 Å². The minimum Gasteiger partial charge on any atom is -0.0961 e. The average Bonchev–Trinajstić information content (AvgIpc) is 2.20. The van der Waals surface area contributed by atoms with Gasteiger partial charge >= 0.3 is 0 Å².